The van der Waals surface area contributed by atoms with Crippen LogP contribution < -0.4 is 9.64 Å². The molecule has 0 N–H and O–H groups in total. The fraction of sp³-hybridized carbons (Fsp3) is 0.333. The predicted octanol–water partition coefficient (Wildman–Crippen LogP) is 3.52. The third-order valence-corrected chi connectivity index (χ3v) is 5.61. The van der Waals surface area contributed by atoms with E-state index < -0.39 is 0 Å². The van der Waals surface area contributed by atoms with E-state index in [1.807, 2.05) is 6.07 Å². The largest absolute Gasteiger partial charge is 0.496 e. The number of rotatable bonds is 5. The Morgan fingerprint density at radius 1 is 1.44 bits per heavy atom. The van der Waals surface area contributed by atoms with Crippen molar-refractivity contribution in [2.24, 2.45) is 0 Å². The van der Waals surface area contributed by atoms with Gasteiger partial charge in [-0.3, -0.25) is 4.79 Å². The predicted molar refractivity (Wildman–Crippen MR) is 98.3 cm³/mol. The van der Waals surface area contributed by atoms with Gasteiger partial charge in [0.2, 0.25) is 0 Å². The quantitative estimate of drug-likeness (QED) is 0.747. The van der Waals surface area contributed by atoms with Gasteiger partial charge in [-0.1, -0.05) is 17.7 Å². The van der Waals surface area contributed by atoms with Crippen molar-refractivity contribution < 1.29 is 14.3 Å². The summed E-state index contributed by atoms with van der Waals surface area (Å²) in [7, 11) is 1.58. The zero-order valence-electron chi connectivity index (χ0n) is 13.8. The minimum absolute atomic E-state index is 0.443. The molecule has 2 aromatic rings. The standard InChI is InChI=1S/C18H17ClN2O3S/c1-23-16-9-13(19)3-2-12(16)8-14-15(10-20)18(25-17(14)11-22)21-4-6-24-7-5-21/h2-3,9,11H,4-8H2,1H3. The summed E-state index contributed by atoms with van der Waals surface area (Å²) in [4.78, 5) is 14.3. The van der Waals surface area contributed by atoms with Crippen LogP contribution in [0.1, 0.15) is 26.4 Å². The van der Waals surface area contributed by atoms with E-state index in [0.29, 0.717) is 40.8 Å². The van der Waals surface area contributed by atoms with Crippen molar-refractivity contribution in [1.29, 1.82) is 5.26 Å². The van der Waals surface area contributed by atoms with Crippen LogP contribution in [-0.2, 0) is 11.2 Å². The van der Waals surface area contributed by atoms with Gasteiger partial charge in [-0.2, -0.15) is 5.26 Å². The number of nitriles is 1. The van der Waals surface area contributed by atoms with Crippen LogP contribution in [0, 0.1) is 11.3 Å². The molecule has 0 radical (unpaired) electrons. The first-order valence-electron chi connectivity index (χ1n) is 7.84. The van der Waals surface area contributed by atoms with Crippen LogP contribution in [0.15, 0.2) is 18.2 Å². The van der Waals surface area contributed by atoms with E-state index in [4.69, 9.17) is 21.1 Å². The topological polar surface area (TPSA) is 62.6 Å². The summed E-state index contributed by atoms with van der Waals surface area (Å²) < 4.78 is 10.8. The van der Waals surface area contributed by atoms with Gasteiger partial charge in [0.25, 0.3) is 0 Å². The lowest BCUT2D eigenvalue weighted by Crippen LogP contribution is -2.36. The molecule has 1 aromatic heterocycles. The third kappa shape index (κ3) is 3.64. The molecule has 1 aliphatic heterocycles. The van der Waals surface area contributed by atoms with E-state index in [-0.39, 0.29) is 0 Å². The lowest BCUT2D eigenvalue weighted by molar-refractivity contribution is 0.112. The van der Waals surface area contributed by atoms with E-state index >= 15 is 0 Å². The average Bonchev–Trinajstić information content (AvgIpc) is 3.01. The highest BCUT2D eigenvalue weighted by atomic mass is 35.5. The Morgan fingerprint density at radius 2 is 2.20 bits per heavy atom. The first-order chi connectivity index (χ1) is 12.2. The van der Waals surface area contributed by atoms with Gasteiger partial charge in [-0.05, 0) is 23.3 Å². The molecule has 130 valence electrons. The zero-order chi connectivity index (χ0) is 17.8. The number of halogens is 1. The number of ether oxygens (including phenoxy) is 2. The van der Waals surface area contributed by atoms with Crippen molar-refractivity contribution in [2.75, 3.05) is 38.3 Å². The second kappa shape index (κ2) is 7.87. The summed E-state index contributed by atoms with van der Waals surface area (Å²) in [5.41, 5.74) is 2.19. The number of morpholine rings is 1. The van der Waals surface area contributed by atoms with Crippen molar-refractivity contribution in [1.82, 2.24) is 0 Å². The molecule has 0 spiro atoms. The lowest BCUT2D eigenvalue weighted by Gasteiger charge is -2.27. The summed E-state index contributed by atoms with van der Waals surface area (Å²) in [5, 5.41) is 11.1. The molecule has 1 aromatic carbocycles. The van der Waals surface area contributed by atoms with E-state index in [0.717, 1.165) is 35.5 Å². The SMILES string of the molecule is COc1cc(Cl)ccc1Cc1c(C=O)sc(N2CCOCC2)c1C#N. The molecule has 0 unspecified atom stereocenters. The second-order valence-corrected chi connectivity index (χ2v) is 7.05. The van der Waals surface area contributed by atoms with Crippen LogP contribution in [0.3, 0.4) is 0 Å². The molecule has 5 nitrogen and oxygen atoms in total. The number of aldehydes is 1. The summed E-state index contributed by atoms with van der Waals surface area (Å²) in [6.07, 6.45) is 1.27. The number of nitrogens with zero attached hydrogens (tertiary/aromatic N) is 2. The third-order valence-electron chi connectivity index (χ3n) is 4.15. The van der Waals surface area contributed by atoms with Crippen molar-refractivity contribution in [3.8, 4) is 11.8 Å². The normalized spacial score (nSPS) is 14.2. The number of carbonyl (C=O) groups is 1. The van der Waals surface area contributed by atoms with Crippen LogP contribution in [-0.4, -0.2) is 39.7 Å². The minimum Gasteiger partial charge on any atom is -0.496 e. The Bertz CT molecular complexity index is 822. The number of methoxy groups -OCH3 is 1. The number of hydrogen-bond acceptors (Lipinski definition) is 6. The Labute approximate surface area is 155 Å². The highest BCUT2D eigenvalue weighted by Crippen LogP contribution is 2.38. The second-order valence-electron chi connectivity index (χ2n) is 5.59. The van der Waals surface area contributed by atoms with Gasteiger partial charge < -0.3 is 14.4 Å². The Morgan fingerprint density at radius 3 is 2.84 bits per heavy atom. The maximum atomic E-state index is 11.6. The Kier molecular flexibility index (Phi) is 5.59. The number of benzene rings is 1. The smallest absolute Gasteiger partial charge is 0.160 e. The van der Waals surface area contributed by atoms with Gasteiger partial charge in [-0.15, -0.1) is 11.3 Å². The van der Waals surface area contributed by atoms with E-state index in [1.165, 1.54) is 11.3 Å². The van der Waals surface area contributed by atoms with Crippen molar-refractivity contribution >= 4 is 34.2 Å². The first kappa shape index (κ1) is 17.7. The molecule has 1 fully saturated rings. The molecule has 3 rings (SSSR count). The lowest BCUT2D eigenvalue weighted by atomic mass is 10.0. The monoisotopic (exact) mass is 376 g/mol. The molecule has 0 atom stereocenters. The van der Waals surface area contributed by atoms with Gasteiger partial charge in [0, 0.05) is 24.5 Å². The molecule has 2 heterocycles. The maximum absolute atomic E-state index is 11.6. The van der Waals surface area contributed by atoms with Crippen LogP contribution in [0.5, 0.6) is 5.75 Å². The van der Waals surface area contributed by atoms with Crippen molar-refractivity contribution in [3.63, 3.8) is 0 Å². The number of hydrogen-bond donors (Lipinski definition) is 0. The molecule has 1 saturated heterocycles. The van der Waals surface area contributed by atoms with Crippen molar-refractivity contribution in [3.05, 3.63) is 44.8 Å². The van der Waals surface area contributed by atoms with Gasteiger partial charge in [0.15, 0.2) is 6.29 Å². The molecule has 0 saturated carbocycles. The maximum Gasteiger partial charge on any atom is 0.160 e. The first-order valence-corrected chi connectivity index (χ1v) is 9.03. The fourth-order valence-electron chi connectivity index (χ4n) is 2.90. The molecule has 0 bridgehead atoms. The molecule has 0 aliphatic carbocycles. The molecule has 0 amide bonds. The van der Waals surface area contributed by atoms with Gasteiger partial charge >= 0.3 is 0 Å². The Hall–Kier alpha value is -2.07. The minimum atomic E-state index is 0.443. The van der Waals surface area contributed by atoms with Gasteiger partial charge in [0.05, 0.1) is 30.8 Å². The molecule has 25 heavy (non-hydrogen) atoms. The molecule has 7 heteroatoms. The van der Waals surface area contributed by atoms with Crippen LogP contribution in [0.2, 0.25) is 5.02 Å². The average molecular weight is 377 g/mol. The van der Waals surface area contributed by atoms with E-state index in [1.54, 1.807) is 19.2 Å². The summed E-state index contributed by atoms with van der Waals surface area (Å²) in [6, 6.07) is 7.67. The summed E-state index contributed by atoms with van der Waals surface area (Å²) in [5.74, 6) is 0.646. The van der Waals surface area contributed by atoms with Crippen LogP contribution in [0.25, 0.3) is 0 Å². The van der Waals surface area contributed by atoms with Gasteiger partial charge in [0.1, 0.15) is 16.8 Å². The number of thiophene rings is 1. The highest BCUT2D eigenvalue weighted by molar-refractivity contribution is 7.18. The fourth-order valence-corrected chi connectivity index (χ4v) is 4.20. The van der Waals surface area contributed by atoms with E-state index in [2.05, 4.69) is 11.0 Å². The Balaban J connectivity index is 2.02. The van der Waals surface area contributed by atoms with Crippen molar-refractivity contribution in [2.45, 2.75) is 6.42 Å². The van der Waals surface area contributed by atoms with Crippen LogP contribution >= 0.6 is 22.9 Å². The molecular formula is C18H17ClN2O3S. The molecule has 1 aliphatic rings. The number of anilines is 1. The van der Waals surface area contributed by atoms with E-state index in [9.17, 15) is 10.1 Å². The van der Waals surface area contributed by atoms with Gasteiger partial charge in [-0.25, -0.2) is 0 Å². The summed E-state index contributed by atoms with van der Waals surface area (Å²) in [6.45, 7) is 2.69. The number of carbonyl (C=O) groups excluding carboxylic acids is 1. The highest BCUT2D eigenvalue weighted by Gasteiger charge is 2.24. The molecular weight excluding hydrogens is 360 g/mol. The summed E-state index contributed by atoms with van der Waals surface area (Å²) >= 11 is 7.38. The van der Waals surface area contributed by atoms with Crippen LogP contribution in [0.4, 0.5) is 5.00 Å². The zero-order valence-corrected chi connectivity index (χ0v) is 15.3.